The number of carbonyl (C=O) groups is 3. The van der Waals surface area contributed by atoms with Crippen LogP contribution in [0.15, 0.2) is 18.2 Å². The van der Waals surface area contributed by atoms with Crippen LogP contribution < -0.4 is 10.1 Å². The van der Waals surface area contributed by atoms with Gasteiger partial charge in [-0.2, -0.15) is 0 Å². The zero-order valence-corrected chi connectivity index (χ0v) is 18.1. The summed E-state index contributed by atoms with van der Waals surface area (Å²) in [6.07, 6.45) is 3.85. The van der Waals surface area contributed by atoms with Crippen molar-refractivity contribution in [1.82, 2.24) is 9.80 Å². The number of amides is 3. The van der Waals surface area contributed by atoms with Crippen LogP contribution in [-0.4, -0.2) is 60.3 Å². The highest BCUT2D eigenvalue weighted by Gasteiger charge is 2.29. The third-order valence-electron chi connectivity index (χ3n) is 6.05. The van der Waals surface area contributed by atoms with Gasteiger partial charge in [0.2, 0.25) is 17.7 Å². The molecule has 1 aromatic carbocycles. The van der Waals surface area contributed by atoms with Crippen molar-refractivity contribution < 1.29 is 19.1 Å². The number of hydrogen-bond acceptors (Lipinski definition) is 4. The van der Waals surface area contributed by atoms with Crippen molar-refractivity contribution in [2.45, 2.75) is 52.4 Å². The van der Waals surface area contributed by atoms with Gasteiger partial charge >= 0.3 is 0 Å². The van der Waals surface area contributed by atoms with Crippen LogP contribution in [0.2, 0.25) is 0 Å². The van der Waals surface area contributed by atoms with Gasteiger partial charge < -0.3 is 19.9 Å². The SMILES string of the molecule is CCN(CC)C(=O)C1CCN(C(=O)CCCOc2ccc3c(c2)CCC(=O)N3)CC1. The van der Waals surface area contributed by atoms with Crippen molar-refractivity contribution in [1.29, 1.82) is 0 Å². The Labute approximate surface area is 178 Å². The minimum absolute atomic E-state index is 0.0473. The first kappa shape index (κ1) is 22.1. The second-order valence-corrected chi connectivity index (χ2v) is 7.98. The molecule has 0 spiro atoms. The van der Waals surface area contributed by atoms with Gasteiger partial charge in [0.15, 0.2) is 0 Å². The van der Waals surface area contributed by atoms with E-state index in [0.717, 1.165) is 49.4 Å². The van der Waals surface area contributed by atoms with Crippen LogP contribution in [0.1, 0.15) is 51.5 Å². The summed E-state index contributed by atoms with van der Waals surface area (Å²) < 4.78 is 5.80. The monoisotopic (exact) mass is 415 g/mol. The number of aryl methyl sites for hydroxylation is 1. The fourth-order valence-electron chi connectivity index (χ4n) is 4.19. The Kier molecular flexibility index (Phi) is 7.71. The number of benzene rings is 1. The Bertz CT molecular complexity index is 768. The molecule has 1 saturated heterocycles. The van der Waals surface area contributed by atoms with Crippen LogP contribution >= 0.6 is 0 Å². The Morgan fingerprint density at radius 1 is 1.17 bits per heavy atom. The molecule has 0 radical (unpaired) electrons. The number of anilines is 1. The largest absolute Gasteiger partial charge is 0.494 e. The summed E-state index contributed by atoms with van der Waals surface area (Å²) >= 11 is 0. The van der Waals surface area contributed by atoms with E-state index in [0.29, 0.717) is 39.0 Å². The molecular weight excluding hydrogens is 382 g/mol. The van der Waals surface area contributed by atoms with Gasteiger partial charge in [-0.3, -0.25) is 14.4 Å². The lowest BCUT2D eigenvalue weighted by molar-refractivity contribution is -0.140. The highest BCUT2D eigenvalue weighted by molar-refractivity contribution is 5.94. The fraction of sp³-hybridized carbons (Fsp3) is 0.609. The minimum atomic E-state index is 0.0473. The number of fused-ring (bicyclic) bond motifs is 1. The Balaban J connectivity index is 1.37. The maximum absolute atomic E-state index is 12.5. The zero-order chi connectivity index (χ0) is 21.5. The lowest BCUT2D eigenvalue weighted by Crippen LogP contribution is -2.44. The molecule has 2 heterocycles. The van der Waals surface area contributed by atoms with E-state index >= 15 is 0 Å². The fourth-order valence-corrected chi connectivity index (χ4v) is 4.19. The molecule has 1 aromatic rings. The van der Waals surface area contributed by atoms with E-state index in [9.17, 15) is 14.4 Å². The Hall–Kier alpha value is -2.57. The number of nitrogens with zero attached hydrogens (tertiary/aromatic N) is 2. The molecule has 0 saturated carbocycles. The molecule has 0 unspecified atom stereocenters. The van der Waals surface area contributed by atoms with E-state index in [-0.39, 0.29) is 23.6 Å². The zero-order valence-electron chi connectivity index (χ0n) is 18.1. The lowest BCUT2D eigenvalue weighted by atomic mass is 9.95. The van der Waals surface area contributed by atoms with Crippen molar-refractivity contribution in [2.24, 2.45) is 5.92 Å². The molecule has 7 heteroatoms. The maximum Gasteiger partial charge on any atom is 0.225 e. The number of hydrogen-bond donors (Lipinski definition) is 1. The summed E-state index contributed by atoms with van der Waals surface area (Å²) in [5.74, 6) is 1.24. The van der Waals surface area contributed by atoms with Crippen LogP contribution in [0, 0.1) is 5.92 Å². The summed E-state index contributed by atoms with van der Waals surface area (Å²) in [4.78, 5) is 40.2. The van der Waals surface area contributed by atoms with Gasteiger partial charge in [-0.05, 0) is 63.3 Å². The molecule has 2 aliphatic heterocycles. The number of ether oxygens (including phenoxy) is 1. The second kappa shape index (κ2) is 10.5. The Morgan fingerprint density at radius 3 is 2.60 bits per heavy atom. The molecule has 3 rings (SSSR count). The average molecular weight is 416 g/mol. The van der Waals surface area contributed by atoms with Crippen molar-refractivity contribution in [2.75, 3.05) is 38.1 Å². The molecule has 1 N–H and O–H groups in total. The summed E-state index contributed by atoms with van der Waals surface area (Å²) in [5, 5.41) is 2.86. The first-order valence-electron chi connectivity index (χ1n) is 11.1. The summed E-state index contributed by atoms with van der Waals surface area (Å²) in [5.41, 5.74) is 1.95. The summed E-state index contributed by atoms with van der Waals surface area (Å²) in [7, 11) is 0. The quantitative estimate of drug-likeness (QED) is 0.662. The van der Waals surface area contributed by atoms with Crippen molar-refractivity contribution in [3.8, 4) is 5.75 Å². The lowest BCUT2D eigenvalue weighted by Gasteiger charge is -2.33. The van der Waals surface area contributed by atoms with Crippen LogP contribution in [-0.2, 0) is 20.8 Å². The molecule has 164 valence electrons. The average Bonchev–Trinajstić information content (AvgIpc) is 2.77. The maximum atomic E-state index is 12.5. The van der Waals surface area contributed by atoms with Gasteiger partial charge in [0, 0.05) is 50.6 Å². The molecule has 30 heavy (non-hydrogen) atoms. The number of likely N-dealkylation sites (tertiary alicyclic amines) is 1. The summed E-state index contributed by atoms with van der Waals surface area (Å²) in [6, 6.07) is 5.69. The predicted octanol–water partition coefficient (Wildman–Crippen LogP) is 2.84. The van der Waals surface area contributed by atoms with Crippen LogP contribution in [0.5, 0.6) is 5.75 Å². The van der Waals surface area contributed by atoms with E-state index < -0.39 is 0 Å². The molecular formula is C23H33N3O4. The molecule has 0 aromatic heterocycles. The van der Waals surface area contributed by atoms with Crippen molar-refractivity contribution >= 4 is 23.4 Å². The number of piperidine rings is 1. The smallest absolute Gasteiger partial charge is 0.225 e. The van der Waals surface area contributed by atoms with Gasteiger partial charge in [-0.25, -0.2) is 0 Å². The third kappa shape index (κ3) is 5.52. The molecule has 0 atom stereocenters. The highest BCUT2D eigenvalue weighted by atomic mass is 16.5. The van der Waals surface area contributed by atoms with Crippen LogP contribution in [0.4, 0.5) is 5.69 Å². The van der Waals surface area contributed by atoms with E-state index in [1.54, 1.807) is 0 Å². The number of nitrogens with one attached hydrogen (secondary N) is 1. The molecule has 0 aliphatic carbocycles. The van der Waals surface area contributed by atoms with Crippen LogP contribution in [0.25, 0.3) is 0 Å². The van der Waals surface area contributed by atoms with Gasteiger partial charge in [-0.1, -0.05) is 0 Å². The standard InChI is InChI=1S/C23H33N3O4/c1-3-25(4-2)23(29)17-11-13-26(14-12-17)22(28)6-5-15-30-19-8-9-20-18(16-19)7-10-21(27)24-20/h8-9,16-17H,3-7,10-15H2,1-2H3,(H,24,27). The normalized spacial score (nSPS) is 16.6. The summed E-state index contributed by atoms with van der Waals surface area (Å²) in [6.45, 7) is 7.30. The number of rotatable bonds is 8. The van der Waals surface area contributed by atoms with Gasteiger partial charge in [-0.15, -0.1) is 0 Å². The predicted molar refractivity (Wildman–Crippen MR) is 115 cm³/mol. The van der Waals surface area contributed by atoms with E-state index in [1.165, 1.54) is 0 Å². The minimum Gasteiger partial charge on any atom is -0.494 e. The topological polar surface area (TPSA) is 79.0 Å². The molecule has 2 aliphatic rings. The first-order chi connectivity index (χ1) is 14.5. The first-order valence-corrected chi connectivity index (χ1v) is 11.1. The van der Waals surface area contributed by atoms with Gasteiger partial charge in [0.1, 0.15) is 5.75 Å². The van der Waals surface area contributed by atoms with Gasteiger partial charge in [0.25, 0.3) is 0 Å². The van der Waals surface area contributed by atoms with E-state index in [4.69, 9.17) is 4.74 Å². The van der Waals surface area contributed by atoms with E-state index in [1.807, 2.05) is 41.8 Å². The number of carbonyl (C=O) groups excluding carboxylic acids is 3. The highest BCUT2D eigenvalue weighted by Crippen LogP contribution is 2.27. The van der Waals surface area contributed by atoms with Crippen molar-refractivity contribution in [3.63, 3.8) is 0 Å². The third-order valence-corrected chi connectivity index (χ3v) is 6.05. The molecule has 0 bridgehead atoms. The molecule has 7 nitrogen and oxygen atoms in total. The Morgan fingerprint density at radius 2 is 1.90 bits per heavy atom. The van der Waals surface area contributed by atoms with Crippen molar-refractivity contribution in [3.05, 3.63) is 23.8 Å². The molecule has 1 fully saturated rings. The second-order valence-electron chi connectivity index (χ2n) is 7.98. The molecule has 3 amide bonds. The van der Waals surface area contributed by atoms with Gasteiger partial charge in [0.05, 0.1) is 6.61 Å². The van der Waals surface area contributed by atoms with E-state index in [2.05, 4.69) is 5.32 Å². The van der Waals surface area contributed by atoms with Crippen LogP contribution in [0.3, 0.4) is 0 Å².